The molecule has 50 heavy (non-hydrogen) atoms. The van der Waals surface area contributed by atoms with Crippen molar-refractivity contribution in [3.05, 3.63) is 0 Å². The molecule has 18 N–H and O–H groups in total. The molecule has 0 rings (SSSR count). The van der Waals surface area contributed by atoms with Gasteiger partial charge in [-0.05, 0) is 65.1 Å². The number of carboxylic acid groups (broad SMARTS) is 1. The quantitative estimate of drug-likeness (QED) is 0.0440. The fourth-order valence-electron chi connectivity index (χ4n) is 4.47. The van der Waals surface area contributed by atoms with E-state index in [1.807, 2.05) is 0 Å². The third-order valence-electron chi connectivity index (χ3n) is 7.26. The van der Waals surface area contributed by atoms with Crippen LogP contribution in [0.15, 0.2) is 0 Å². The van der Waals surface area contributed by atoms with Gasteiger partial charge in [0.15, 0.2) is 6.04 Å². The first-order valence-corrected chi connectivity index (χ1v) is 16.2. The van der Waals surface area contributed by atoms with Crippen molar-refractivity contribution in [3.8, 4) is 0 Å². The maximum absolute atomic E-state index is 13.4. The number of nitrogens with two attached hydrogens (primary N) is 4. The van der Waals surface area contributed by atoms with Crippen LogP contribution in [0.25, 0.3) is 0 Å². The lowest BCUT2D eigenvalue weighted by Gasteiger charge is -2.28. The van der Waals surface area contributed by atoms with Crippen molar-refractivity contribution in [2.24, 2.45) is 28.9 Å². The summed E-state index contributed by atoms with van der Waals surface area (Å²) in [5, 5.41) is 53.0. The minimum absolute atomic E-state index is 0.000742. The third kappa shape index (κ3) is 16.1. The van der Waals surface area contributed by atoms with Crippen molar-refractivity contribution in [3.63, 3.8) is 0 Å². The number of carboxylic acids is 1. The van der Waals surface area contributed by atoms with Gasteiger partial charge in [-0.15, -0.1) is 0 Å². The molecule has 0 aromatic heterocycles. The van der Waals surface area contributed by atoms with Crippen LogP contribution in [0.3, 0.4) is 0 Å². The van der Waals surface area contributed by atoms with E-state index in [-0.39, 0.29) is 51.2 Å². The highest BCUT2D eigenvalue weighted by atomic mass is 16.4. The molecule has 0 saturated carbocycles. The van der Waals surface area contributed by atoms with Gasteiger partial charge in [-0.1, -0.05) is 13.8 Å². The van der Waals surface area contributed by atoms with Gasteiger partial charge >= 0.3 is 5.97 Å². The van der Waals surface area contributed by atoms with Gasteiger partial charge in [0.1, 0.15) is 30.2 Å². The van der Waals surface area contributed by atoms with E-state index < -0.39 is 103 Å². The van der Waals surface area contributed by atoms with Crippen LogP contribution >= 0.6 is 0 Å². The van der Waals surface area contributed by atoms with E-state index in [1.54, 1.807) is 13.8 Å². The number of hydrogen-bond donors (Lipinski definition) is 14. The Balaban J connectivity index is 5.88. The molecule has 0 saturated heterocycles. The standard InChI is InChI=1S/C29H56N10O11/c1-13(2)11-19(36-24(44)17(6-9-31)34-23(43)16(33)5-8-30)26(46)38-21(14(3)41)28(48)37-20(12-40)27(47)35-18(7-10-32)25(45)39-22(15(4)42)29(49)50/h13-22,40-42H,5-12,30-33H2,1-4H3,(H,34,43)(H,35,47)(H,36,44)(H,37,48)(H,38,46)(H,39,45)(H,49,50)/t14-,15-,16+,17+,18+,19-,20+,21+,22+/m1/s1. The predicted molar refractivity (Wildman–Crippen MR) is 178 cm³/mol. The molecule has 21 nitrogen and oxygen atoms in total. The van der Waals surface area contributed by atoms with Gasteiger partial charge in [-0.3, -0.25) is 28.8 Å². The van der Waals surface area contributed by atoms with Gasteiger partial charge < -0.3 is 75.3 Å². The second-order valence-corrected chi connectivity index (χ2v) is 12.2. The minimum atomic E-state index is -1.72. The van der Waals surface area contributed by atoms with Crippen LogP contribution in [0, 0.1) is 5.92 Å². The molecule has 0 unspecified atom stereocenters. The van der Waals surface area contributed by atoms with Crippen LogP contribution in [-0.2, 0) is 33.6 Å². The number of amides is 6. The van der Waals surface area contributed by atoms with E-state index in [4.69, 9.17) is 22.9 Å². The Morgan fingerprint density at radius 2 is 0.920 bits per heavy atom. The number of nitrogens with one attached hydrogen (secondary N) is 6. The number of aliphatic hydroxyl groups is 3. The molecule has 9 atom stereocenters. The first kappa shape index (κ1) is 46.0. The molecule has 0 bridgehead atoms. The normalized spacial score (nSPS) is 16.6. The molecule has 0 aromatic carbocycles. The molecule has 288 valence electrons. The van der Waals surface area contributed by atoms with Crippen molar-refractivity contribution in [1.29, 1.82) is 0 Å². The number of rotatable bonds is 24. The molecule has 0 heterocycles. The van der Waals surface area contributed by atoms with Crippen molar-refractivity contribution in [2.75, 3.05) is 26.2 Å². The zero-order chi connectivity index (χ0) is 38.7. The molecule has 21 heteroatoms. The summed E-state index contributed by atoms with van der Waals surface area (Å²) in [6, 6.07) is -10.00. The van der Waals surface area contributed by atoms with E-state index >= 15 is 0 Å². The summed E-state index contributed by atoms with van der Waals surface area (Å²) in [5.74, 6) is -7.27. The van der Waals surface area contributed by atoms with E-state index in [0.717, 1.165) is 13.8 Å². The number of aliphatic hydroxyl groups excluding tert-OH is 3. The molecular formula is C29H56N10O11. The van der Waals surface area contributed by atoms with Crippen LogP contribution < -0.4 is 54.8 Å². The summed E-state index contributed by atoms with van der Waals surface area (Å²) < 4.78 is 0. The zero-order valence-corrected chi connectivity index (χ0v) is 28.9. The largest absolute Gasteiger partial charge is 0.480 e. The van der Waals surface area contributed by atoms with Crippen molar-refractivity contribution >= 4 is 41.4 Å². The molecule has 0 aromatic rings. The average molecular weight is 721 g/mol. The Kier molecular flexibility index (Phi) is 21.6. The van der Waals surface area contributed by atoms with Gasteiger partial charge in [0, 0.05) is 0 Å². The van der Waals surface area contributed by atoms with Crippen LogP contribution in [0.5, 0.6) is 0 Å². The first-order valence-electron chi connectivity index (χ1n) is 16.2. The molecule has 0 spiro atoms. The van der Waals surface area contributed by atoms with Gasteiger partial charge in [-0.2, -0.15) is 0 Å². The Labute approximate surface area is 290 Å². The Morgan fingerprint density at radius 1 is 0.540 bits per heavy atom. The average Bonchev–Trinajstić information content (AvgIpc) is 3.02. The van der Waals surface area contributed by atoms with Gasteiger partial charge in [-0.25, -0.2) is 4.79 Å². The van der Waals surface area contributed by atoms with E-state index in [9.17, 15) is 54.0 Å². The second-order valence-electron chi connectivity index (χ2n) is 12.2. The summed E-state index contributed by atoms with van der Waals surface area (Å²) >= 11 is 0. The van der Waals surface area contributed by atoms with E-state index in [2.05, 4.69) is 31.9 Å². The fraction of sp³-hybridized carbons (Fsp3) is 0.759. The van der Waals surface area contributed by atoms with Gasteiger partial charge in [0.05, 0.1) is 24.9 Å². The van der Waals surface area contributed by atoms with Crippen molar-refractivity contribution in [2.45, 2.75) is 108 Å². The highest BCUT2D eigenvalue weighted by Crippen LogP contribution is 2.08. The first-order chi connectivity index (χ1) is 23.3. The summed E-state index contributed by atoms with van der Waals surface area (Å²) in [4.78, 5) is 89.2. The number of aliphatic carboxylic acids is 1. The van der Waals surface area contributed by atoms with Crippen molar-refractivity contribution < 1.29 is 54.0 Å². The van der Waals surface area contributed by atoms with Crippen molar-refractivity contribution in [1.82, 2.24) is 31.9 Å². The fourth-order valence-corrected chi connectivity index (χ4v) is 4.47. The topological polar surface area (TPSA) is 377 Å². The van der Waals surface area contributed by atoms with Gasteiger partial charge in [0.25, 0.3) is 0 Å². The van der Waals surface area contributed by atoms with E-state index in [0.29, 0.717) is 0 Å². The second kappa shape index (κ2) is 23.4. The molecular weight excluding hydrogens is 664 g/mol. The lowest BCUT2D eigenvalue weighted by molar-refractivity contribution is -0.145. The molecule has 0 fully saturated rings. The maximum Gasteiger partial charge on any atom is 0.328 e. The van der Waals surface area contributed by atoms with Crippen LogP contribution in [0.4, 0.5) is 0 Å². The molecule has 0 aliphatic carbocycles. The number of hydrogen-bond acceptors (Lipinski definition) is 14. The molecule has 0 aliphatic rings. The maximum atomic E-state index is 13.4. The monoisotopic (exact) mass is 720 g/mol. The van der Waals surface area contributed by atoms with Crippen LogP contribution in [-0.4, -0.2) is 143 Å². The summed E-state index contributed by atoms with van der Waals surface area (Å²) in [5.41, 5.74) is 22.4. The third-order valence-corrected chi connectivity index (χ3v) is 7.26. The lowest BCUT2D eigenvalue weighted by Crippen LogP contribution is -2.62. The molecule has 0 aliphatic heterocycles. The zero-order valence-electron chi connectivity index (χ0n) is 28.9. The number of carbonyl (C=O) groups excluding carboxylic acids is 6. The van der Waals surface area contributed by atoms with Crippen LogP contribution in [0.1, 0.15) is 53.4 Å². The predicted octanol–water partition coefficient (Wildman–Crippen LogP) is -6.85. The SMILES string of the molecule is CC(C)C[C@@H](NC(=O)[C@H](CCN)NC(=O)[C@@H](N)CCN)C(=O)N[C@H](C(=O)N[C@@H](CO)C(=O)N[C@@H](CCN)C(=O)N[C@H](C(=O)O)[C@@H](C)O)[C@@H](C)O. The summed E-state index contributed by atoms with van der Waals surface area (Å²) in [6.07, 6.45) is -3.03. The number of carbonyl (C=O) groups is 7. The smallest absolute Gasteiger partial charge is 0.328 e. The van der Waals surface area contributed by atoms with E-state index in [1.165, 1.54) is 0 Å². The lowest BCUT2D eigenvalue weighted by atomic mass is 10.0. The summed E-state index contributed by atoms with van der Waals surface area (Å²) in [7, 11) is 0. The minimum Gasteiger partial charge on any atom is -0.480 e. The highest BCUT2D eigenvalue weighted by molar-refractivity contribution is 5.97. The Hall–Kier alpha value is -3.99. The molecule has 0 radical (unpaired) electrons. The summed E-state index contributed by atoms with van der Waals surface area (Å²) in [6.45, 7) is 4.78. The highest BCUT2D eigenvalue weighted by Gasteiger charge is 2.35. The molecule has 6 amide bonds. The van der Waals surface area contributed by atoms with Gasteiger partial charge in [0.2, 0.25) is 35.4 Å². The van der Waals surface area contributed by atoms with Crippen LogP contribution in [0.2, 0.25) is 0 Å². The Bertz CT molecular complexity index is 1140. The Morgan fingerprint density at radius 3 is 1.34 bits per heavy atom.